The highest BCUT2D eigenvalue weighted by Crippen LogP contribution is 2.35. The van der Waals surface area contributed by atoms with Crippen molar-refractivity contribution in [3.05, 3.63) is 65.6 Å². The van der Waals surface area contributed by atoms with Crippen LogP contribution in [0.4, 0.5) is 0 Å². The fraction of sp³-hybridized carbons (Fsp3) is 0.280. The number of hydrogen-bond donors (Lipinski definition) is 1. The number of ether oxygens (including phenoxy) is 1. The van der Waals surface area contributed by atoms with Gasteiger partial charge in [-0.1, -0.05) is 37.6 Å². The third-order valence-electron chi connectivity index (χ3n) is 5.83. The van der Waals surface area contributed by atoms with Crippen LogP contribution in [-0.2, 0) is 6.54 Å². The second-order valence-corrected chi connectivity index (χ2v) is 9.48. The smallest absolute Gasteiger partial charge is 0.183 e. The Morgan fingerprint density at radius 3 is 2.82 bits per heavy atom. The van der Waals surface area contributed by atoms with E-state index >= 15 is 0 Å². The topological polar surface area (TPSA) is 95.1 Å². The molecule has 0 radical (unpaired) electrons. The van der Waals surface area contributed by atoms with Gasteiger partial charge in [0, 0.05) is 24.8 Å². The number of carbonyl (C=O) groups is 1. The molecule has 5 rings (SSSR count). The fourth-order valence-corrected chi connectivity index (χ4v) is 4.19. The van der Waals surface area contributed by atoms with Crippen molar-refractivity contribution in [2.75, 3.05) is 13.2 Å². The Hall–Kier alpha value is -3.49. The molecule has 0 amide bonds. The minimum Gasteiger partial charge on any atom is -0.491 e. The Balaban J connectivity index is 1.56. The molecule has 0 aliphatic carbocycles. The number of benzene rings is 2. The van der Waals surface area contributed by atoms with Crippen molar-refractivity contribution in [2.45, 2.75) is 26.8 Å². The first-order valence-corrected chi connectivity index (χ1v) is 11.4. The van der Waals surface area contributed by atoms with E-state index in [-0.39, 0.29) is 18.8 Å². The molecule has 1 aliphatic heterocycles. The molecule has 0 fully saturated rings. The van der Waals surface area contributed by atoms with E-state index in [1.54, 1.807) is 16.8 Å². The number of aliphatic hydroxyl groups is 1. The van der Waals surface area contributed by atoms with Crippen molar-refractivity contribution < 1.29 is 14.6 Å². The first-order chi connectivity index (χ1) is 16.4. The SMILES string of the molecule is CC(C)(CO)CC(=O)c1ccc2c(c1)-c1nc(-c3ncnn3-c3ccccc3Cl)cn1CCO2. The summed E-state index contributed by atoms with van der Waals surface area (Å²) in [5.74, 6) is 1.88. The van der Waals surface area contributed by atoms with Gasteiger partial charge in [0.15, 0.2) is 11.6 Å². The van der Waals surface area contributed by atoms with Gasteiger partial charge >= 0.3 is 0 Å². The molecule has 9 heteroatoms. The van der Waals surface area contributed by atoms with Gasteiger partial charge in [-0.25, -0.2) is 14.6 Å². The van der Waals surface area contributed by atoms with Gasteiger partial charge in [0.2, 0.25) is 0 Å². The summed E-state index contributed by atoms with van der Waals surface area (Å²) in [6.07, 6.45) is 3.62. The molecule has 0 atom stereocenters. The van der Waals surface area contributed by atoms with Crippen molar-refractivity contribution in [1.82, 2.24) is 24.3 Å². The van der Waals surface area contributed by atoms with Gasteiger partial charge in [0.1, 0.15) is 30.2 Å². The van der Waals surface area contributed by atoms with Gasteiger partial charge in [-0.05, 0) is 35.7 Å². The standard InChI is InChI=1S/C25H24ClN5O3/c1-25(2,14-32)12-21(33)16-7-8-22-17(11-16)23-29-19(13-30(23)9-10-34-22)24-27-15-28-31(24)20-6-4-3-5-18(20)26/h3-8,11,13,15,32H,9-10,12,14H2,1-2H3. The molecule has 1 aliphatic rings. The zero-order valence-corrected chi connectivity index (χ0v) is 19.7. The van der Waals surface area contributed by atoms with Crippen LogP contribution in [0.5, 0.6) is 5.75 Å². The lowest BCUT2D eigenvalue weighted by Gasteiger charge is -2.20. The molecule has 0 saturated carbocycles. The number of aliphatic hydroxyl groups excluding tert-OH is 1. The largest absolute Gasteiger partial charge is 0.491 e. The Morgan fingerprint density at radius 1 is 1.21 bits per heavy atom. The summed E-state index contributed by atoms with van der Waals surface area (Å²) < 4.78 is 9.59. The van der Waals surface area contributed by atoms with Crippen molar-refractivity contribution in [2.24, 2.45) is 5.41 Å². The highest BCUT2D eigenvalue weighted by atomic mass is 35.5. The molecule has 4 aromatic rings. The Labute approximate surface area is 201 Å². The Morgan fingerprint density at radius 2 is 2.03 bits per heavy atom. The maximum absolute atomic E-state index is 12.9. The van der Waals surface area contributed by atoms with E-state index in [1.165, 1.54) is 6.33 Å². The number of hydrogen-bond acceptors (Lipinski definition) is 6. The number of imidazole rings is 1. The maximum atomic E-state index is 12.9. The van der Waals surface area contributed by atoms with E-state index in [9.17, 15) is 9.90 Å². The number of halogens is 1. The molecule has 2 aromatic carbocycles. The van der Waals surface area contributed by atoms with Crippen molar-refractivity contribution in [1.29, 1.82) is 0 Å². The quantitative estimate of drug-likeness (QED) is 0.413. The molecule has 0 unspecified atom stereocenters. The monoisotopic (exact) mass is 477 g/mol. The molecule has 1 N–H and O–H groups in total. The average Bonchev–Trinajstić information content (AvgIpc) is 3.43. The van der Waals surface area contributed by atoms with Gasteiger partial charge in [0.05, 0.1) is 22.8 Å². The van der Waals surface area contributed by atoms with Crippen LogP contribution in [0.2, 0.25) is 5.02 Å². The molecule has 0 spiro atoms. The van der Waals surface area contributed by atoms with Gasteiger partial charge < -0.3 is 14.4 Å². The highest BCUT2D eigenvalue weighted by Gasteiger charge is 2.25. The number of fused-ring (bicyclic) bond motifs is 3. The molecule has 34 heavy (non-hydrogen) atoms. The van der Waals surface area contributed by atoms with Crippen LogP contribution in [0.25, 0.3) is 28.6 Å². The zero-order chi connectivity index (χ0) is 23.9. The fourth-order valence-electron chi connectivity index (χ4n) is 3.98. The van der Waals surface area contributed by atoms with Crippen LogP contribution in [0.3, 0.4) is 0 Å². The van der Waals surface area contributed by atoms with E-state index in [0.29, 0.717) is 52.5 Å². The van der Waals surface area contributed by atoms with Gasteiger partial charge in [-0.2, -0.15) is 5.10 Å². The van der Waals surface area contributed by atoms with E-state index in [0.717, 1.165) is 5.56 Å². The normalized spacial score (nSPS) is 13.1. The minimum absolute atomic E-state index is 0.0390. The second kappa shape index (κ2) is 8.70. The van der Waals surface area contributed by atoms with Crippen LogP contribution < -0.4 is 4.74 Å². The first-order valence-electron chi connectivity index (χ1n) is 11.0. The predicted octanol–water partition coefficient (Wildman–Crippen LogP) is 4.43. The Bertz CT molecular complexity index is 1370. The predicted molar refractivity (Wildman–Crippen MR) is 128 cm³/mol. The van der Waals surface area contributed by atoms with E-state index in [2.05, 4.69) is 10.1 Å². The maximum Gasteiger partial charge on any atom is 0.183 e. The highest BCUT2D eigenvalue weighted by molar-refractivity contribution is 6.32. The van der Waals surface area contributed by atoms with Crippen molar-refractivity contribution in [3.63, 3.8) is 0 Å². The van der Waals surface area contributed by atoms with Crippen LogP contribution in [0.15, 0.2) is 55.0 Å². The van der Waals surface area contributed by atoms with Gasteiger partial charge in [-0.15, -0.1) is 0 Å². The lowest BCUT2D eigenvalue weighted by atomic mass is 9.86. The summed E-state index contributed by atoms with van der Waals surface area (Å²) >= 11 is 6.39. The summed E-state index contributed by atoms with van der Waals surface area (Å²) in [4.78, 5) is 22.2. The first kappa shape index (κ1) is 22.3. The molecular weight excluding hydrogens is 454 g/mol. The van der Waals surface area contributed by atoms with Crippen molar-refractivity contribution >= 4 is 17.4 Å². The summed E-state index contributed by atoms with van der Waals surface area (Å²) in [6.45, 7) is 4.74. The van der Waals surface area contributed by atoms with Crippen LogP contribution >= 0.6 is 11.6 Å². The summed E-state index contributed by atoms with van der Waals surface area (Å²) in [5, 5.41) is 14.5. The van der Waals surface area contributed by atoms with Crippen LogP contribution in [0.1, 0.15) is 30.6 Å². The van der Waals surface area contributed by atoms with Gasteiger partial charge in [0.25, 0.3) is 0 Å². The molecule has 0 bridgehead atoms. The van der Waals surface area contributed by atoms with Crippen LogP contribution in [-0.4, -0.2) is 48.4 Å². The van der Waals surface area contributed by atoms with E-state index in [4.69, 9.17) is 21.3 Å². The minimum atomic E-state index is -0.491. The molecule has 174 valence electrons. The number of nitrogens with zero attached hydrogens (tertiary/aromatic N) is 5. The number of carbonyl (C=O) groups excluding carboxylic acids is 1. The van der Waals surface area contributed by atoms with Crippen LogP contribution in [0, 0.1) is 5.41 Å². The summed E-state index contributed by atoms with van der Waals surface area (Å²) in [5.41, 5.74) is 2.15. The number of aromatic nitrogens is 5. The molecule has 2 aromatic heterocycles. The lowest BCUT2D eigenvalue weighted by molar-refractivity contribution is 0.0858. The number of Topliss-reactive ketones (excluding diaryl/α,β-unsaturated/α-hetero) is 1. The summed E-state index contributed by atoms with van der Waals surface area (Å²) in [6, 6.07) is 12.8. The third-order valence-corrected chi connectivity index (χ3v) is 6.15. The number of ketones is 1. The van der Waals surface area contributed by atoms with E-state index < -0.39 is 5.41 Å². The third kappa shape index (κ3) is 4.10. The second-order valence-electron chi connectivity index (χ2n) is 9.07. The van der Waals surface area contributed by atoms with E-state index in [1.807, 2.05) is 54.9 Å². The summed E-state index contributed by atoms with van der Waals surface area (Å²) in [7, 11) is 0. The average molecular weight is 478 g/mol. The molecule has 0 saturated heterocycles. The molecule has 8 nitrogen and oxygen atoms in total. The molecular formula is C25H24ClN5O3. The molecule has 3 heterocycles. The zero-order valence-electron chi connectivity index (χ0n) is 18.9. The Kier molecular flexibility index (Phi) is 5.71. The number of rotatable bonds is 6. The lowest BCUT2D eigenvalue weighted by Crippen LogP contribution is -2.21. The number of para-hydroxylation sites is 1. The van der Waals surface area contributed by atoms with Crippen molar-refractivity contribution in [3.8, 4) is 34.3 Å². The van der Waals surface area contributed by atoms with Gasteiger partial charge in [-0.3, -0.25) is 4.79 Å².